The number of carboxylic acid groups (broad SMARTS) is 1. The lowest BCUT2D eigenvalue weighted by Crippen LogP contribution is -2.32. The molecule has 1 aliphatic heterocycles. The molecule has 0 radical (unpaired) electrons. The van der Waals surface area contributed by atoms with Gasteiger partial charge < -0.3 is 10.4 Å². The summed E-state index contributed by atoms with van der Waals surface area (Å²) < 4.78 is 0. The highest BCUT2D eigenvalue weighted by atomic mass is 35.5. The van der Waals surface area contributed by atoms with E-state index in [-0.39, 0.29) is 18.4 Å². The molecule has 0 aliphatic carbocycles. The molecular weight excluding hydrogens is 292 g/mol. The van der Waals surface area contributed by atoms with Crippen LogP contribution in [0.3, 0.4) is 0 Å². The van der Waals surface area contributed by atoms with Gasteiger partial charge in [-0.15, -0.1) is 0 Å². The van der Waals surface area contributed by atoms with Crippen LogP contribution in [-0.4, -0.2) is 41.5 Å². The van der Waals surface area contributed by atoms with Gasteiger partial charge in [0.05, 0.1) is 12.5 Å². The molecule has 6 heteroatoms. The zero-order chi connectivity index (χ0) is 15.6. The third-order valence-electron chi connectivity index (χ3n) is 3.83. The molecule has 2 atom stereocenters. The zero-order valence-electron chi connectivity index (χ0n) is 12.1. The quantitative estimate of drug-likeness (QED) is 0.895. The Balaban J connectivity index is 1.92. The molecule has 0 saturated carbocycles. The lowest BCUT2D eigenvalue weighted by molar-refractivity contribution is -0.142. The SMILES string of the molecule is Cc1cc(Cl)ccc1NC(=O)CN1CC(C)C(C(=O)O)C1. The first kappa shape index (κ1) is 15.8. The molecule has 2 unspecified atom stereocenters. The van der Waals surface area contributed by atoms with Gasteiger partial charge in [0, 0.05) is 23.8 Å². The summed E-state index contributed by atoms with van der Waals surface area (Å²) in [5.41, 5.74) is 1.63. The first-order chi connectivity index (χ1) is 9.86. The van der Waals surface area contributed by atoms with Gasteiger partial charge in [-0.1, -0.05) is 18.5 Å². The average Bonchev–Trinajstić information content (AvgIpc) is 2.74. The van der Waals surface area contributed by atoms with E-state index in [4.69, 9.17) is 16.7 Å². The van der Waals surface area contributed by atoms with Crippen LogP contribution in [0.5, 0.6) is 0 Å². The maximum atomic E-state index is 12.1. The van der Waals surface area contributed by atoms with Crippen molar-refractivity contribution >= 4 is 29.2 Å². The van der Waals surface area contributed by atoms with Crippen molar-refractivity contribution in [1.29, 1.82) is 0 Å². The van der Waals surface area contributed by atoms with E-state index in [0.29, 0.717) is 18.1 Å². The predicted molar refractivity (Wildman–Crippen MR) is 81.5 cm³/mol. The predicted octanol–water partition coefficient (Wildman–Crippen LogP) is 2.24. The molecule has 1 aliphatic rings. The number of hydrogen-bond acceptors (Lipinski definition) is 3. The molecule has 2 rings (SSSR count). The smallest absolute Gasteiger partial charge is 0.308 e. The number of nitrogens with one attached hydrogen (secondary N) is 1. The second-order valence-electron chi connectivity index (χ2n) is 5.62. The van der Waals surface area contributed by atoms with Crippen LogP contribution >= 0.6 is 11.6 Å². The zero-order valence-corrected chi connectivity index (χ0v) is 12.9. The van der Waals surface area contributed by atoms with Gasteiger partial charge in [-0.25, -0.2) is 0 Å². The summed E-state index contributed by atoms with van der Waals surface area (Å²) >= 11 is 5.88. The highest BCUT2D eigenvalue weighted by molar-refractivity contribution is 6.30. The van der Waals surface area contributed by atoms with Gasteiger partial charge in [-0.05, 0) is 36.6 Å². The van der Waals surface area contributed by atoms with Crippen molar-refractivity contribution < 1.29 is 14.7 Å². The van der Waals surface area contributed by atoms with E-state index in [1.807, 2.05) is 18.7 Å². The van der Waals surface area contributed by atoms with Crippen molar-refractivity contribution in [2.45, 2.75) is 13.8 Å². The van der Waals surface area contributed by atoms with E-state index in [9.17, 15) is 9.59 Å². The van der Waals surface area contributed by atoms with Crippen molar-refractivity contribution in [3.63, 3.8) is 0 Å². The second kappa shape index (κ2) is 6.45. The number of benzene rings is 1. The minimum Gasteiger partial charge on any atom is -0.481 e. The summed E-state index contributed by atoms with van der Waals surface area (Å²) in [5.74, 6) is -1.26. The van der Waals surface area contributed by atoms with Crippen LogP contribution in [0.2, 0.25) is 5.02 Å². The van der Waals surface area contributed by atoms with Crippen LogP contribution in [0.1, 0.15) is 12.5 Å². The van der Waals surface area contributed by atoms with Crippen LogP contribution in [0.25, 0.3) is 0 Å². The number of rotatable bonds is 4. The van der Waals surface area contributed by atoms with E-state index in [1.54, 1.807) is 18.2 Å². The van der Waals surface area contributed by atoms with E-state index >= 15 is 0 Å². The summed E-state index contributed by atoms with van der Waals surface area (Å²) in [6.45, 7) is 5.03. The summed E-state index contributed by atoms with van der Waals surface area (Å²) in [5, 5.41) is 12.6. The molecule has 0 spiro atoms. The Morgan fingerprint density at radius 3 is 2.71 bits per heavy atom. The van der Waals surface area contributed by atoms with Crippen LogP contribution in [-0.2, 0) is 9.59 Å². The van der Waals surface area contributed by atoms with E-state index in [2.05, 4.69) is 5.32 Å². The molecule has 1 saturated heterocycles. The monoisotopic (exact) mass is 310 g/mol. The van der Waals surface area contributed by atoms with E-state index < -0.39 is 11.9 Å². The molecule has 0 aromatic heterocycles. The summed E-state index contributed by atoms with van der Waals surface area (Å²) in [6, 6.07) is 5.28. The van der Waals surface area contributed by atoms with Gasteiger partial charge in [0.2, 0.25) is 5.91 Å². The van der Waals surface area contributed by atoms with Crippen molar-refractivity contribution in [3.05, 3.63) is 28.8 Å². The largest absolute Gasteiger partial charge is 0.481 e. The molecule has 5 nitrogen and oxygen atoms in total. The van der Waals surface area contributed by atoms with Crippen molar-refractivity contribution in [2.75, 3.05) is 25.0 Å². The minimum absolute atomic E-state index is 0.0626. The Bertz CT molecular complexity index is 562. The lowest BCUT2D eigenvalue weighted by atomic mass is 9.99. The van der Waals surface area contributed by atoms with Gasteiger partial charge in [0.1, 0.15) is 0 Å². The fraction of sp³-hybridized carbons (Fsp3) is 0.467. The number of anilines is 1. The standard InChI is InChI=1S/C15H19ClN2O3/c1-9-5-11(16)3-4-13(9)17-14(19)8-18-6-10(2)12(7-18)15(20)21/h3-5,10,12H,6-8H2,1-2H3,(H,17,19)(H,20,21). The van der Waals surface area contributed by atoms with Crippen molar-refractivity contribution in [1.82, 2.24) is 4.90 Å². The lowest BCUT2D eigenvalue weighted by Gasteiger charge is -2.15. The molecule has 1 heterocycles. The number of carbonyl (C=O) groups is 2. The second-order valence-corrected chi connectivity index (χ2v) is 6.06. The number of nitrogens with zero attached hydrogens (tertiary/aromatic N) is 1. The van der Waals surface area contributed by atoms with Crippen molar-refractivity contribution in [3.8, 4) is 0 Å². The summed E-state index contributed by atoms with van der Waals surface area (Å²) in [4.78, 5) is 25.0. The van der Waals surface area contributed by atoms with Crippen LogP contribution in [0.4, 0.5) is 5.69 Å². The molecule has 21 heavy (non-hydrogen) atoms. The fourth-order valence-electron chi connectivity index (χ4n) is 2.68. The maximum Gasteiger partial charge on any atom is 0.308 e. The first-order valence-electron chi connectivity index (χ1n) is 6.88. The van der Waals surface area contributed by atoms with Crippen LogP contribution in [0, 0.1) is 18.8 Å². The number of carboxylic acids is 1. The molecule has 1 amide bonds. The maximum absolute atomic E-state index is 12.1. The van der Waals surface area contributed by atoms with E-state index in [0.717, 1.165) is 11.3 Å². The molecule has 1 aromatic rings. The Morgan fingerprint density at radius 1 is 1.43 bits per heavy atom. The van der Waals surface area contributed by atoms with Crippen LogP contribution in [0.15, 0.2) is 18.2 Å². The highest BCUT2D eigenvalue weighted by Gasteiger charge is 2.35. The number of amides is 1. The number of aryl methyl sites for hydroxylation is 1. The summed E-state index contributed by atoms with van der Waals surface area (Å²) in [7, 11) is 0. The number of likely N-dealkylation sites (tertiary alicyclic amines) is 1. The summed E-state index contributed by atoms with van der Waals surface area (Å²) in [6.07, 6.45) is 0. The first-order valence-corrected chi connectivity index (χ1v) is 7.25. The van der Waals surface area contributed by atoms with Crippen molar-refractivity contribution in [2.24, 2.45) is 11.8 Å². The minimum atomic E-state index is -0.793. The third-order valence-corrected chi connectivity index (χ3v) is 4.07. The van der Waals surface area contributed by atoms with Gasteiger partial charge >= 0.3 is 5.97 Å². The normalized spacial score (nSPS) is 22.2. The Hall–Kier alpha value is -1.59. The molecular formula is C15H19ClN2O3. The third kappa shape index (κ3) is 3.95. The Labute approximate surface area is 128 Å². The molecule has 1 aromatic carbocycles. The molecule has 114 valence electrons. The van der Waals surface area contributed by atoms with Gasteiger partial charge in [0.15, 0.2) is 0 Å². The molecule has 2 N–H and O–H groups in total. The Kier molecular flexibility index (Phi) is 4.85. The Morgan fingerprint density at radius 2 is 2.14 bits per heavy atom. The number of carbonyl (C=O) groups excluding carboxylic acids is 1. The molecule has 0 bridgehead atoms. The highest BCUT2D eigenvalue weighted by Crippen LogP contribution is 2.23. The fourth-order valence-corrected chi connectivity index (χ4v) is 2.90. The number of halogens is 1. The van der Waals surface area contributed by atoms with Crippen LogP contribution < -0.4 is 5.32 Å². The van der Waals surface area contributed by atoms with Gasteiger partial charge in [-0.2, -0.15) is 0 Å². The number of aliphatic carboxylic acids is 1. The van der Waals surface area contributed by atoms with Gasteiger partial charge in [0.25, 0.3) is 0 Å². The average molecular weight is 311 g/mol. The topological polar surface area (TPSA) is 69.6 Å². The van der Waals surface area contributed by atoms with E-state index in [1.165, 1.54) is 0 Å². The molecule has 1 fully saturated rings. The number of hydrogen-bond donors (Lipinski definition) is 2. The van der Waals surface area contributed by atoms with Gasteiger partial charge in [-0.3, -0.25) is 14.5 Å².